The average molecular weight is 323 g/mol. The van der Waals surface area contributed by atoms with Crippen molar-refractivity contribution >= 4 is 22.8 Å². The molecule has 2 N–H and O–H groups in total. The molecule has 0 atom stereocenters. The molecular formula is C19H17NO4. The number of hydrogen-bond donors (Lipinski definition) is 2. The van der Waals surface area contributed by atoms with Gasteiger partial charge in [-0.15, -0.1) is 0 Å². The summed E-state index contributed by atoms with van der Waals surface area (Å²) in [5.41, 5.74) is 3.34. The molecule has 1 aromatic heterocycles. The summed E-state index contributed by atoms with van der Waals surface area (Å²) < 4.78 is 5.14. The zero-order valence-electron chi connectivity index (χ0n) is 13.2. The van der Waals surface area contributed by atoms with Crippen molar-refractivity contribution in [2.24, 2.45) is 0 Å². The number of aromatic carboxylic acids is 1. The maximum Gasteiger partial charge on any atom is 0.355 e. The molecule has 0 amide bonds. The number of benzene rings is 2. The van der Waals surface area contributed by atoms with Crippen molar-refractivity contribution in [3.8, 4) is 0 Å². The Kier molecular flexibility index (Phi) is 4.33. The third kappa shape index (κ3) is 3.01. The van der Waals surface area contributed by atoms with Crippen molar-refractivity contribution in [3.63, 3.8) is 0 Å². The van der Waals surface area contributed by atoms with E-state index in [9.17, 15) is 9.59 Å². The first-order valence-electron chi connectivity index (χ1n) is 7.69. The number of H-pyrrole nitrogens is 1. The fourth-order valence-corrected chi connectivity index (χ4v) is 2.73. The summed E-state index contributed by atoms with van der Waals surface area (Å²) in [4.78, 5) is 26.3. The highest BCUT2D eigenvalue weighted by molar-refractivity contribution is 5.98. The zero-order valence-corrected chi connectivity index (χ0v) is 13.2. The van der Waals surface area contributed by atoms with E-state index in [2.05, 4.69) is 4.98 Å². The Bertz CT molecular complexity index is 893. The molecule has 1 heterocycles. The summed E-state index contributed by atoms with van der Waals surface area (Å²) in [7, 11) is 0. The van der Waals surface area contributed by atoms with Crippen LogP contribution in [0.15, 0.2) is 48.5 Å². The van der Waals surface area contributed by atoms with Crippen molar-refractivity contribution in [1.29, 1.82) is 0 Å². The lowest BCUT2D eigenvalue weighted by Gasteiger charge is -2.06. The third-order valence-electron chi connectivity index (χ3n) is 3.87. The van der Waals surface area contributed by atoms with Gasteiger partial charge in [-0.25, -0.2) is 9.59 Å². The topological polar surface area (TPSA) is 79.4 Å². The predicted molar refractivity (Wildman–Crippen MR) is 90.5 cm³/mol. The lowest BCUT2D eigenvalue weighted by Crippen LogP contribution is -2.08. The molecular weight excluding hydrogens is 306 g/mol. The highest BCUT2D eigenvalue weighted by Gasteiger charge is 2.19. The SMILES string of the molecule is CCOC(=O)c1[nH]c2ccccc2c1Cc1ccc(C(=O)O)cc1. The second kappa shape index (κ2) is 6.58. The quantitative estimate of drug-likeness (QED) is 0.703. The third-order valence-corrected chi connectivity index (χ3v) is 3.87. The molecule has 3 rings (SSSR count). The monoisotopic (exact) mass is 323 g/mol. The molecule has 5 nitrogen and oxygen atoms in total. The number of carbonyl (C=O) groups excluding carboxylic acids is 1. The molecule has 0 aliphatic rings. The number of ether oxygens (including phenoxy) is 1. The maximum atomic E-state index is 12.2. The van der Waals surface area contributed by atoms with E-state index in [-0.39, 0.29) is 11.5 Å². The van der Waals surface area contributed by atoms with Crippen molar-refractivity contribution in [1.82, 2.24) is 4.98 Å². The van der Waals surface area contributed by atoms with Crippen LogP contribution in [-0.4, -0.2) is 28.6 Å². The molecule has 5 heteroatoms. The minimum atomic E-state index is -0.958. The zero-order chi connectivity index (χ0) is 17.1. The van der Waals surface area contributed by atoms with Gasteiger partial charge in [-0.3, -0.25) is 0 Å². The second-order valence-electron chi connectivity index (χ2n) is 5.42. The van der Waals surface area contributed by atoms with Gasteiger partial charge >= 0.3 is 11.9 Å². The van der Waals surface area contributed by atoms with Gasteiger partial charge in [0.2, 0.25) is 0 Å². The minimum Gasteiger partial charge on any atom is -0.478 e. The lowest BCUT2D eigenvalue weighted by molar-refractivity contribution is 0.0519. The Balaban J connectivity index is 2.02. The number of rotatable bonds is 5. The number of para-hydroxylation sites is 1. The minimum absolute atomic E-state index is 0.239. The van der Waals surface area contributed by atoms with E-state index >= 15 is 0 Å². The molecule has 0 fully saturated rings. The normalized spacial score (nSPS) is 10.7. The molecule has 2 aromatic carbocycles. The summed E-state index contributed by atoms with van der Waals surface area (Å²) >= 11 is 0. The van der Waals surface area contributed by atoms with E-state index in [1.165, 1.54) is 0 Å². The number of aromatic amines is 1. The van der Waals surface area contributed by atoms with Crippen LogP contribution in [0, 0.1) is 0 Å². The van der Waals surface area contributed by atoms with Gasteiger partial charge in [-0.2, -0.15) is 0 Å². The molecule has 0 unspecified atom stereocenters. The van der Waals surface area contributed by atoms with E-state index in [0.717, 1.165) is 22.0 Å². The molecule has 0 bridgehead atoms. The molecule has 0 saturated carbocycles. The number of esters is 1. The van der Waals surface area contributed by atoms with E-state index in [0.29, 0.717) is 18.7 Å². The Morgan fingerprint density at radius 1 is 1.08 bits per heavy atom. The molecule has 0 spiro atoms. The van der Waals surface area contributed by atoms with Crippen LogP contribution in [-0.2, 0) is 11.2 Å². The standard InChI is InChI=1S/C19H17NO4/c1-2-24-19(23)17-15(14-5-3-4-6-16(14)20-17)11-12-7-9-13(10-8-12)18(21)22/h3-10,20H,2,11H2,1H3,(H,21,22). The van der Waals surface area contributed by atoms with E-state index in [1.54, 1.807) is 31.2 Å². The highest BCUT2D eigenvalue weighted by Crippen LogP contribution is 2.26. The molecule has 0 aliphatic carbocycles. The van der Waals surface area contributed by atoms with Crippen LogP contribution >= 0.6 is 0 Å². The first-order valence-corrected chi connectivity index (χ1v) is 7.69. The van der Waals surface area contributed by atoms with Gasteiger partial charge in [0.1, 0.15) is 5.69 Å². The van der Waals surface area contributed by atoms with Crippen LogP contribution in [0.1, 0.15) is 38.9 Å². The van der Waals surface area contributed by atoms with Gasteiger partial charge in [0.25, 0.3) is 0 Å². The summed E-state index contributed by atoms with van der Waals surface area (Å²) in [6, 6.07) is 14.3. The highest BCUT2D eigenvalue weighted by atomic mass is 16.5. The smallest absolute Gasteiger partial charge is 0.355 e. The number of carboxylic acid groups (broad SMARTS) is 1. The number of carbonyl (C=O) groups is 2. The summed E-state index contributed by atoms with van der Waals surface area (Å²) in [6.07, 6.45) is 0.512. The van der Waals surface area contributed by atoms with Crippen molar-refractivity contribution in [2.45, 2.75) is 13.3 Å². The lowest BCUT2D eigenvalue weighted by atomic mass is 10.0. The average Bonchev–Trinajstić information content (AvgIpc) is 2.94. The second-order valence-corrected chi connectivity index (χ2v) is 5.42. The van der Waals surface area contributed by atoms with Gasteiger partial charge in [-0.05, 0) is 36.2 Å². The molecule has 0 aliphatic heterocycles. The van der Waals surface area contributed by atoms with Gasteiger partial charge < -0.3 is 14.8 Å². The van der Waals surface area contributed by atoms with Crippen LogP contribution in [0.5, 0.6) is 0 Å². The summed E-state index contributed by atoms with van der Waals surface area (Å²) in [5.74, 6) is -1.34. The largest absolute Gasteiger partial charge is 0.478 e. The van der Waals surface area contributed by atoms with Crippen molar-refractivity contribution in [2.75, 3.05) is 6.61 Å². The van der Waals surface area contributed by atoms with Crippen molar-refractivity contribution in [3.05, 3.63) is 70.9 Å². The van der Waals surface area contributed by atoms with Gasteiger partial charge in [0, 0.05) is 17.3 Å². The summed E-state index contributed by atoms with van der Waals surface area (Å²) in [5, 5.41) is 9.94. The number of fused-ring (bicyclic) bond motifs is 1. The van der Waals surface area contributed by atoms with Gasteiger partial charge in [0.05, 0.1) is 12.2 Å². The van der Waals surface area contributed by atoms with Crippen LogP contribution in [0.3, 0.4) is 0 Å². The van der Waals surface area contributed by atoms with Gasteiger partial charge in [0.15, 0.2) is 0 Å². The fraction of sp³-hybridized carbons (Fsp3) is 0.158. The Hall–Kier alpha value is -3.08. The van der Waals surface area contributed by atoms with Gasteiger partial charge in [-0.1, -0.05) is 30.3 Å². The van der Waals surface area contributed by atoms with Crippen molar-refractivity contribution < 1.29 is 19.4 Å². The Labute approximate surface area is 138 Å². The first kappa shape index (κ1) is 15.8. The fourth-order valence-electron chi connectivity index (χ4n) is 2.73. The summed E-state index contributed by atoms with van der Waals surface area (Å²) in [6.45, 7) is 2.08. The number of aromatic nitrogens is 1. The van der Waals surface area contributed by atoms with Crippen LogP contribution in [0.2, 0.25) is 0 Å². The molecule has 3 aromatic rings. The van der Waals surface area contributed by atoms with E-state index < -0.39 is 5.97 Å². The van der Waals surface area contributed by atoms with E-state index in [1.807, 2.05) is 24.3 Å². The number of nitrogens with one attached hydrogen (secondary N) is 1. The van der Waals surface area contributed by atoms with Crippen LogP contribution in [0.25, 0.3) is 10.9 Å². The van der Waals surface area contributed by atoms with E-state index in [4.69, 9.17) is 9.84 Å². The Morgan fingerprint density at radius 3 is 2.46 bits per heavy atom. The molecule has 122 valence electrons. The number of hydrogen-bond acceptors (Lipinski definition) is 3. The first-order chi connectivity index (χ1) is 11.6. The van der Waals surface area contributed by atoms with Crippen LogP contribution < -0.4 is 0 Å². The number of carboxylic acids is 1. The predicted octanol–water partition coefficient (Wildman–Crippen LogP) is 3.63. The molecule has 0 saturated heterocycles. The molecule has 0 radical (unpaired) electrons. The maximum absolute atomic E-state index is 12.2. The Morgan fingerprint density at radius 2 is 1.79 bits per heavy atom. The van der Waals surface area contributed by atoms with Crippen LogP contribution in [0.4, 0.5) is 0 Å². The molecule has 24 heavy (non-hydrogen) atoms.